The highest BCUT2D eigenvalue weighted by Crippen LogP contribution is 2.13. The largest absolute Gasteiger partial charge is 0.349 e. The highest BCUT2D eigenvalue weighted by atomic mass is 35.5. The van der Waals surface area contributed by atoms with Crippen LogP contribution in [-0.2, 0) is 0 Å². The van der Waals surface area contributed by atoms with E-state index >= 15 is 0 Å². The van der Waals surface area contributed by atoms with Gasteiger partial charge in [0.15, 0.2) is 0 Å². The van der Waals surface area contributed by atoms with Gasteiger partial charge in [0, 0.05) is 11.9 Å². The van der Waals surface area contributed by atoms with Gasteiger partial charge >= 0.3 is 0 Å². The fourth-order valence-electron chi connectivity index (χ4n) is 1.27. The maximum atomic E-state index is 13.3. The quantitative estimate of drug-likeness (QED) is 0.830. The molecule has 0 saturated carbocycles. The molecule has 0 aliphatic rings. The lowest BCUT2D eigenvalue weighted by Crippen LogP contribution is -2.38. The number of hydrogen-bond donors (Lipinski definition) is 1. The van der Waals surface area contributed by atoms with Gasteiger partial charge in [0.05, 0.1) is 0 Å². The van der Waals surface area contributed by atoms with Crippen LogP contribution < -0.4 is 5.32 Å². The van der Waals surface area contributed by atoms with Gasteiger partial charge in [-0.15, -0.1) is 11.6 Å². The van der Waals surface area contributed by atoms with Gasteiger partial charge in [-0.05, 0) is 25.0 Å². The smallest absolute Gasteiger partial charge is 0.257 e. The van der Waals surface area contributed by atoms with E-state index in [9.17, 15) is 13.6 Å². The molecule has 0 fully saturated rings. The van der Waals surface area contributed by atoms with Gasteiger partial charge in [-0.25, -0.2) is 8.78 Å². The number of carbonyl (C=O) groups is 1. The number of alkyl halides is 1. The van der Waals surface area contributed by atoms with E-state index in [0.717, 1.165) is 12.1 Å². The molecule has 1 amide bonds. The van der Waals surface area contributed by atoms with E-state index in [2.05, 4.69) is 5.32 Å². The lowest BCUT2D eigenvalue weighted by molar-refractivity contribution is 0.0922. The van der Waals surface area contributed by atoms with E-state index in [1.165, 1.54) is 6.07 Å². The van der Waals surface area contributed by atoms with Crippen LogP contribution in [0.5, 0.6) is 0 Å². The Labute approximate surface area is 104 Å². The van der Waals surface area contributed by atoms with Crippen molar-refractivity contribution in [3.8, 4) is 0 Å². The Balaban J connectivity index is 2.84. The summed E-state index contributed by atoms with van der Waals surface area (Å²) in [5.41, 5.74) is -0.555. The predicted octanol–water partition coefficient (Wildman–Crippen LogP) is 2.96. The Bertz CT molecular complexity index is 391. The van der Waals surface area contributed by atoms with Gasteiger partial charge in [-0.2, -0.15) is 0 Å². The average Bonchev–Trinajstić information content (AvgIpc) is 2.27. The maximum absolute atomic E-state index is 13.3. The first-order chi connectivity index (χ1) is 7.97. The molecule has 0 spiro atoms. The number of amides is 1. The number of hydrogen-bond acceptors (Lipinski definition) is 1. The summed E-state index contributed by atoms with van der Waals surface area (Å²) in [6, 6.07) is 3.06. The van der Waals surface area contributed by atoms with Gasteiger partial charge in [0.2, 0.25) is 0 Å². The monoisotopic (exact) mass is 261 g/mol. The summed E-state index contributed by atoms with van der Waals surface area (Å²) < 4.78 is 26.6. The average molecular weight is 262 g/mol. The lowest BCUT2D eigenvalue weighted by atomic mass is 10.1. The number of nitrogens with one attached hydrogen (secondary N) is 1. The van der Waals surface area contributed by atoms with Crippen molar-refractivity contribution in [3.63, 3.8) is 0 Å². The summed E-state index contributed by atoms with van der Waals surface area (Å²) in [6.07, 6.45) is 0. The molecule has 1 N–H and O–H groups in total. The minimum absolute atomic E-state index is 0.0236. The molecule has 0 bridgehead atoms. The molecule has 0 radical (unpaired) electrons. The zero-order valence-electron chi connectivity index (χ0n) is 9.64. The van der Waals surface area contributed by atoms with Crippen molar-refractivity contribution in [1.82, 2.24) is 5.32 Å². The van der Waals surface area contributed by atoms with Gasteiger partial charge in [-0.3, -0.25) is 4.79 Å². The molecule has 0 saturated heterocycles. The highest BCUT2D eigenvalue weighted by Gasteiger charge is 2.20. The Morgan fingerprint density at radius 2 is 1.88 bits per heavy atom. The van der Waals surface area contributed by atoms with Crippen molar-refractivity contribution < 1.29 is 13.6 Å². The molecule has 17 heavy (non-hydrogen) atoms. The third-order valence-corrected chi connectivity index (χ3v) is 3.13. The van der Waals surface area contributed by atoms with E-state index in [4.69, 9.17) is 11.6 Å². The maximum Gasteiger partial charge on any atom is 0.257 e. The van der Waals surface area contributed by atoms with Crippen LogP contribution in [0.1, 0.15) is 24.2 Å². The van der Waals surface area contributed by atoms with Crippen LogP contribution in [-0.4, -0.2) is 17.8 Å². The molecule has 1 rings (SSSR count). The molecule has 94 valence electrons. The van der Waals surface area contributed by atoms with Crippen molar-refractivity contribution >= 4 is 17.5 Å². The SMILES string of the molecule is CC(CCl)C(C)NC(=O)c1c(F)cccc1F. The lowest BCUT2D eigenvalue weighted by Gasteiger charge is -2.19. The van der Waals surface area contributed by atoms with E-state index in [-0.39, 0.29) is 12.0 Å². The van der Waals surface area contributed by atoms with Crippen molar-refractivity contribution in [3.05, 3.63) is 35.4 Å². The highest BCUT2D eigenvalue weighted by molar-refractivity contribution is 6.18. The van der Waals surface area contributed by atoms with Crippen molar-refractivity contribution in [2.24, 2.45) is 5.92 Å². The summed E-state index contributed by atoms with van der Waals surface area (Å²) in [5, 5.41) is 2.53. The summed E-state index contributed by atoms with van der Waals surface area (Å²) >= 11 is 5.64. The second kappa shape index (κ2) is 5.96. The van der Waals surface area contributed by atoms with Gasteiger partial charge in [0.25, 0.3) is 5.91 Å². The molecule has 0 aliphatic carbocycles. The summed E-state index contributed by atoms with van der Waals surface area (Å²) in [4.78, 5) is 11.7. The number of carbonyl (C=O) groups excluding carboxylic acids is 1. The molecule has 1 aromatic rings. The van der Waals surface area contributed by atoms with Crippen LogP contribution in [0.3, 0.4) is 0 Å². The fraction of sp³-hybridized carbons (Fsp3) is 0.417. The first-order valence-corrected chi connectivity index (χ1v) is 5.81. The molecule has 5 heteroatoms. The Morgan fingerprint density at radius 1 is 1.35 bits per heavy atom. The zero-order valence-corrected chi connectivity index (χ0v) is 10.4. The number of halogens is 3. The Kier molecular flexibility index (Phi) is 4.87. The molecule has 2 atom stereocenters. The molecule has 2 nitrogen and oxygen atoms in total. The summed E-state index contributed by atoms with van der Waals surface area (Å²) in [7, 11) is 0. The van der Waals surface area contributed by atoms with Crippen LogP contribution in [0.4, 0.5) is 8.78 Å². The second-order valence-electron chi connectivity index (χ2n) is 3.99. The standard InChI is InChI=1S/C12H14ClF2NO/c1-7(6-13)8(2)16-12(17)11-9(14)4-3-5-10(11)15/h3-5,7-8H,6H2,1-2H3,(H,16,17). The number of benzene rings is 1. The van der Waals surface area contributed by atoms with Gasteiger partial charge in [-0.1, -0.05) is 13.0 Å². The first kappa shape index (κ1) is 13.9. The number of rotatable bonds is 4. The van der Waals surface area contributed by atoms with Crippen LogP contribution in [0, 0.1) is 17.6 Å². The molecule has 0 aromatic heterocycles. The molecule has 2 unspecified atom stereocenters. The van der Waals surface area contributed by atoms with Crippen LogP contribution in [0.15, 0.2) is 18.2 Å². The van der Waals surface area contributed by atoms with Crippen molar-refractivity contribution in [1.29, 1.82) is 0 Å². The second-order valence-corrected chi connectivity index (χ2v) is 4.30. The molecule has 0 aliphatic heterocycles. The third-order valence-electron chi connectivity index (χ3n) is 2.65. The van der Waals surface area contributed by atoms with Crippen molar-refractivity contribution in [2.45, 2.75) is 19.9 Å². The Hall–Kier alpha value is -1.16. The molecule has 1 aromatic carbocycles. The summed E-state index contributed by atoms with van der Waals surface area (Å²) in [6.45, 7) is 3.58. The van der Waals surface area contributed by atoms with E-state index in [0.29, 0.717) is 5.88 Å². The van der Waals surface area contributed by atoms with E-state index in [1.807, 2.05) is 6.92 Å². The third kappa shape index (κ3) is 3.40. The van der Waals surface area contributed by atoms with Crippen LogP contribution in [0.25, 0.3) is 0 Å². The van der Waals surface area contributed by atoms with Gasteiger partial charge < -0.3 is 5.32 Å². The predicted molar refractivity (Wildman–Crippen MR) is 63.2 cm³/mol. The zero-order chi connectivity index (χ0) is 13.0. The Morgan fingerprint density at radius 3 is 2.35 bits per heavy atom. The molecular weight excluding hydrogens is 248 g/mol. The van der Waals surface area contributed by atoms with Crippen LogP contribution >= 0.6 is 11.6 Å². The topological polar surface area (TPSA) is 29.1 Å². The van der Waals surface area contributed by atoms with Crippen LogP contribution in [0.2, 0.25) is 0 Å². The molecular formula is C12H14ClF2NO. The van der Waals surface area contributed by atoms with E-state index < -0.39 is 23.1 Å². The molecule has 0 heterocycles. The minimum Gasteiger partial charge on any atom is -0.349 e. The first-order valence-electron chi connectivity index (χ1n) is 5.28. The summed E-state index contributed by atoms with van der Waals surface area (Å²) in [5.74, 6) is -2.11. The van der Waals surface area contributed by atoms with Gasteiger partial charge in [0.1, 0.15) is 17.2 Å². The van der Waals surface area contributed by atoms with Crippen molar-refractivity contribution in [2.75, 3.05) is 5.88 Å². The normalized spacial score (nSPS) is 14.2. The minimum atomic E-state index is -0.867. The van der Waals surface area contributed by atoms with E-state index in [1.54, 1.807) is 6.92 Å². The fourth-order valence-corrected chi connectivity index (χ4v) is 1.54.